The predicted octanol–water partition coefficient (Wildman–Crippen LogP) is 4.87. The van der Waals surface area contributed by atoms with Crippen LogP contribution in [0.2, 0.25) is 0 Å². The maximum Gasteiger partial charge on any atom is 0.260 e. The first-order chi connectivity index (χ1) is 11.5. The Hall–Kier alpha value is -2.18. The van der Waals surface area contributed by atoms with Crippen LogP contribution in [0.5, 0.6) is 0 Å². The molecule has 0 spiro atoms. The lowest BCUT2D eigenvalue weighted by Crippen LogP contribution is -2.13. The van der Waals surface area contributed by atoms with E-state index in [2.05, 4.69) is 41.3 Å². The van der Waals surface area contributed by atoms with E-state index in [9.17, 15) is 4.79 Å². The predicted molar refractivity (Wildman–Crippen MR) is 99.1 cm³/mol. The summed E-state index contributed by atoms with van der Waals surface area (Å²) in [6.45, 7) is 6.06. The molecule has 2 aromatic heterocycles. The lowest BCUT2D eigenvalue weighted by Gasteiger charge is -2.09. The third-order valence-electron chi connectivity index (χ3n) is 3.55. The van der Waals surface area contributed by atoms with Gasteiger partial charge in [-0.15, -0.1) is 11.3 Å². The van der Waals surface area contributed by atoms with E-state index in [1.54, 1.807) is 18.3 Å². The molecule has 0 aliphatic rings. The molecule has 0 saturated heterocycles. The molecular formula is C18H17N3OS2. The number of aromatic nitrogens is 2. The van der Waals surface area contributed by atoms with Crippen LogP contribution >= 0.6 is 23.1 Å². The Morgan fingerprint density at radius 1 is 1.17 bits per heavy atom. The first-order valence-corrected chi connectivity index (χ1v) is 9.16. The number of thiazole rings is 1. The van der Waals surface area contributed by atoms with Crippen molar-refractivity contribution in [2.24, 2.45) is 0 Å². The first-order valence-electron chi connectivity index (χ1n) is 7.46. The number of rotatable bonds is 4. The first kappa shape index (κ1) is 16.7. The topological polar surface area (TPSA) is 54.9 Å². The average molecular weight is 355 g/mol. The highest BCUT2D eigenvalue weighted by atomic mass is 32.2. The van der Waals surface area contributed by atoms with Gasteiger partial charge in [-0.25, -0.2) is 9.97 Å². The van der Waals surface area contributed by atoms with E-state index < -0.39 is 0 Å². The van der Waals surface area contributed by atoms with Gasteiger partial charge in [0.1, 0.15) is 5.03 Å². The Balaban J connectivity index is 1.84. The highest BCUT2D eigenvalue weighted by Crippen LogP contribution is 2.30. The highest BCUT2D eigenvalue weighted by molar-refractivity contribution is 7.99. The van der Waals surface area contributed by atoms with Crippen molar-refractivity contribution >= 4 is 34.1 Å². The van der Waals surface area contributed by atoms with E-state index in [0.29, 0.717) is 15.7 Å². The van der Waals surface area contributed by atoms with E-state index in [-0.39, 0.29) is 5.91 Å². The molecule has 122 valence electrons. The van der Waals surface area contributed by atoms with Crippen molar-refractivity contribution in [2.45, 2.75) is 30.7 Å². The summed E-state index contributed by atoms with van der Waals surface area (Å²) >= 11 is 2.91. The number of hydrogen-bond acceptors (Lipinski definition) is 5. The quantitative estimate of drug-likeness (QED) is 0.725. The normalized spacial score (nSPS) is 10.6. The van der Waals surface area contributed by atoms with Gasteiger partial charge in [-0.3, -0.25) is 10.1 Å². The Morgan fingerprint density at radius 3 is 2.71 bits per heavy atom. The maximum absolute atomic E-state index is 12.6. The molecule has 0 unspecified atom stereocenters. The van der Waals surface area contributed by atoms with E-state index >= 15 is 0 Å². The molecule has 0 atom stereocenters. The van der Waals surface area contributed by atoms with Crippen molar-refractivity contribution in [3.63, 3.8) is 0 Å². The third-order valence-corrected chi connectivity index (χ3v) is 5.43. The summed E-state index contributed by atoms with van der Waals surface area (Å²) in [7, 11) is 0. The SMILES string of the molecule is Cc1csc(NC(=O)c2cccnc2Sc2ccc(C)c(C)c2)n1. The average Bonchev–Trinajstić information content (AvgIpc) is 2.96. The smallest absolute Gasteiger partial charge is 0.260 e. The van der Waals surface area contributed by atoms with Crippen LogP contribution in [0.4, 0.5) is 5.13 Å². The summed E-state index contributed by atoms with van der Waals surface area (Å²) in [5, 5.41) is 6.03. The summed E-state index contributed by atoms with van der Waals surface area (Å²) < 4.78 is 0. The molecule has 1 N–H and O–H groups in total. The molecule has 1 amide bonds. The molecule has 3 rings (SSSR count). The van der Waals surface area contributed by atoms with Crippen molar-refractivity contribution in [1.82, 2.24) is 9.97 Å². The number of nitrogens with one attached hydrogen (secondary N) is 1. The van der Waals surface area contributed by atoms with E-state index in [1.165, 1.54) is 34.2 Å². The van der Waals surface area contributed by atoms with E-state index in [4.69, 9.17) is 0 Å². The fourth-order valence-corrected chi connectivity index (χ4v) is 3.77. The van der Waals surface area contributed by atoms with Crippen molar-refractivity contribution in [2.75, 3.05) is 5.32 Å². The minimum Gasteiger partial charge on any atom is -0.298 e. The van der Waals surface area contributed by atoms with Gasteiger partial charge >= 0.3 is 0 Å². The number of hydrogen-bond donors (Lipinski definition) is 1. The zero-order valence-corrected chi connectivity index (χ0v) is 15.3. The number of benzene rings is 1. The third kappa shape index (κ3) is 3.83. The van der Waals surface area contributed by atoms with Crippen LogP contribution in [0.3, 0.4) is 0 Å². The van der Waals surface area contributed by atoms with Gasteiger partial charge < -0.3 is 0 Å². The molecule has 4 nitrogen and oxygen atoms in total. The maximum atomic E-state index is 12.6. The van der Waals surface area contributed by atoms with Crippen LogP contribution in [0.1, 0.15) is 27.2 Å². The van der Waals surface area contributed by atoms with E-state index in [0.717, 1.165) is 10.6 Å². The number of pyridine rings is 1. The second kappa shape index (κ2) is 7.15. The Kier molecular flexibility index (Phi) is 4.97. The number of carbonyl (C=O) groups is 1. The van der Waals surface area contributed by atoms with Crippen LogP contribution < -0.4 is 5.32 Å². The zero-order chi connectivity index (χ0) is 17.1. The van der Waals surface area contributed by atoms with Gasteiger partial charge in [0.25, 0.3) is 5.91 Å². The molecule has 0 aliphatic carbocycles. The lowest BCUT2D eigenvalue weighted by atomic mass is 10.1. The highest BCUT2D eigenvalue weighted by Gasteiger charge is 2.15. The van der Waals surface area contributed by atoms with Gasteiger partial charge in [0, 0.05) is 16.5 Å². The monoisotopic (exact) mass is 355 g/mol. The molecule has 3 aromatic rings. The zero-order valence-electron chi connectivity index (χ0n) is 13.7. The van der Waals surface area contributed by atoms with Crippen LogP contribution in [-0.4, -0.2) is 15.9 Å². The number of nitrogens with zero attached hydrogens (tertiary/aromatic N) is 2. The van der Waals surface area contributed by atoms with Crippen LogP contribution in [0.25, 0.3) is 0 Å². The Bertz CT molecular complexity index is 889. The molecular weight excluding hydrogens is 338 g/mol. The van der Waals surface area contributed by atoms with Crippen molar-refractivity contribution in [3.8, 4) is 0 Å². The fourth-order valence-electron chi connectivity index (χ4n) is 2.11. The molecule has 0 bridgehead atoms. The lowest BCUT2D eigenvalue weighted by molar-refractivity contribution is 0.102. The summed E-state index contributed by atoms with van der Waals surface area (Å²) in [6, 6.07) is 9.80. The molecule has 2 heterocycles. The number of aryl methyl sites for hydroxylation is 3. The summed E-state index contributed by atoms with van der Waals surface area (Å²) in [5.41, 5.74) is 3.91. The van der Waals surface area contributed by atoms with Crippen molar-refractivity contribution in [3.05, 3.63) is 64.3 Å². The minimum atomic E-state index is -0.191. The number of anilines is 1. The summed E-state index contributed by atoms with van der Waals surface area (Å²) in [5.74, 6) is -0.191. The van der Waals surface area contributed by atoms with Gasteiger partial charge in [-0.05, 0) is 56.2 Å². The number of carbonyl (C=O) groups excluding carboxylic acids is 1. The summed E-state index contributed by atoms with van der Waals surface area (Å²) in [4.78, 5) is 22.3. The molecule has 0 aliphatic heterocycles. The van der Waals surface area contributed by atoms with Gasteiger partial charge in [0.2, 0.25) is 0 Å². The van der Waals surface area contributed by atoms with Crippen molar-refractivity contribution in [1.29, 1.82) is 0 Å². The molecule has 0 saturated carbocycles. The van der Waals surface area contributed by atoms with Crippen LogP contribution in [-0.2, 0) is 0 Å². The van der Waals surface area contributed by atoms with Gasteiger partial charge in [0.15, 0.2) is 5.13 Å². The number of amides is 1. The Labute approximate surface area is 149 Å². The fraction of sp³-hybridized carbons (Fsp3) is 0.167. The second-order valence-corrected chi connectivity index (χ2v) is 7.37. The molecule has 24 heavy (non-hydrogen) atoms. The molecule has 0 fully saturated rings. The van der Waals surface area contributed by atoms with Gasteiger partial charge in [-0.1, -0.05) is 17.8 Å². The second-order valence-electron chi connectivity index (χ2n) is 5.45. The van der Waals surface area contributed by atoms with Crippen LogP contribution in [0.15, 0.2) is 51.8 Å². The van der Waals surface area contributed by atoms with Crippen molar-refractivity contribution < 1.29 is 4.79 Å². The summed E-state index contributed by atoms with van der Waals surface area (Å²) in [6.07, 6.45) is 1.70. The Morgan fingerprint density at radius 2 is 2.00 bits per heavy atom. The van der Waals surface area contributed by atoms with E-state index in [1.807, 2.05) is 18.4 Å². The molecule has 1 aromatic carbocycles. The standard InChI is InChI=1S/C18H17N3OS2/c1-11-6-7-14(9-12(11)2)24-17-15(5-4-8-19-17)16(22)21-18-20-13(3)10-23-18/h4-10H,1-3H3,(H,20,21,22). The molecule has 0 radical (unpaired) electrons. The minimum absolute atomic E-state index is 0.191. The van der Waals surface area contributed by atoms with Gasteiger partial charge in [0.05, 0.1) is 11.3 Å². The largest absolute Gasteiger partial charge is 0.298 e. The van der Waals surface area contributed by atoms with Crippen LogP contribution in [0, 0.1) is 20.8 Å². The molecule has 6 heteroatoms. The van der Waals surface area contributed by atoms with Gasteiger partial charge in [-0.2, -0.15) is 0 Å².